The first-order chi connectivity index (χ1) is 15.7. The van der Waals surface area contributed by atoms with Gasteiger partial charge in [0.05, 0.1) is 5.56 Å². The molecule has 0 bridgehead atoms. The van der Waals surface area contributed by atoms with Gasteiger partial charge >= 0.3 is 0 Å². The van der Waals surface area contributed by atoms with E-state index < -0.39 is 11.8 Å². The van der Waals surface area contributed by atoms with Crippen LogP contribution in [0.25, 0.3) is 0 Å². The first-order valence-electron chi connectivity index (χ1n) is 10.1. The van der Waals surface area contributed by atoms with Crippen molar-refractivity contribution in [2.75, 3.05) is 4.90 Å². The molecule has 0 saturated heterocycles. The molecule has 2 amide bonds. The van der Waals surface area contributed by atoms with Gasteiger partial charge in [-0.1, -0.05) is 42.3 Å². The molecule has 0 saturated carbocycles. The van der Waals surface area contributed by atoms with E-state index in [1.165, 1.54) is 12.4 Å². The first kappa shape index (κ1) is 22.5. The highest BCUT2D eigenvalue weighted by Crippen LogP contribution is 2.31. The zero-order valence-corrected chi connectivity index (χ0v) is 17.4. The molecule has 0 aliphatic carbocycles. The molecule has 0 radical (unpaired) electrons. The van der Waals surface area contributed by atoms with Gasteiger partial charge in [0.25, 0.3) is 5.91 Å². The maximum absolute atomic E-state index is 12.3. The summed E-state index contributed by atoms with van der Waals surface area (Å²) in [4.78, 5) is 33.9. The van der Waals surface area contributed by atoms with Crippen LogP contribution in [-0.2, 0) is 4.79 Å². The van der Waals surface area contributed by atoms with Crippen molar-refractivity contribution >= 4 is 29.1 Å². The summed E-state index contributed by atoms with van der Waals surface area (Å²) >= 11 is 0. The van der Waals surface area contributed by atoms with Crippen LogP contribution in [0.5, 0.6) is 0 Å². The van der Waals surface area contributed by atoms with Crippen molar-refractivity contribution in [3.8, 4) is 12.0 Å². The molecule has 1 aromatic heterocycles. The molecule has 3 aromatic rings. The Bertz CT molecular complexity index is 1040. The SMILES string of the molecule is O=C(CCCCC#CNC(=O)c1cnc(N(c2ccccc2)c2ccccc2)nc1)NO. The van der Waals surface area contributed by atoms with E-state index in [1.54, 1.807) is 5.48 Å². The quantitative estimate of drug-likeness (QED) is 0.166. The summed E-state index contributed by atoms with van der Waals surface area (Å²) < 4.78 is 0. The van der Waals surface area contributed by atoms with E-state index in [0.717, 1.165) is 11.4 Å². The van der Waals surface area contributed by atoms with Crippen molar-refractivity contribution in [2.45, 2.75) is 25.7 Å². The molecule has 2 aromatic carbocycles. The molecule has 32 heavy (non-hydrogen) atoms. The second-order valence-corrected chi connectivity index (χ2v) is 6.78. The number of carbonyl (C=O) groups is 2. The summed E-state index contributed by atoms with van der Waals surface area (Å²) in [6, 6.07) is 22.1. The van der Waals surface area contributed by atoms with Crippen LogP contribution in [0.15, 0.2) is 73.1 Å². The number of hydrogen-bond donors (Lipinski definition) is 3. The van der Waals surface area contributed by atoms with E-state index >= 15 is 0 Å². The van der Waals surface area contributed by atoms with Crippen LogP contribution < -0.4 is 15.7 Å². The Labute approximate surface area is 186 Å². The minimum atomic E-state index is -0.423. The second kappa shape index (κ2) is 11.8. The lowest BCUT2D eigenvalue weighted by Gasteiger charge is -2.22. The van der Waals surface area contributed by atoms with Crippen LogP contribution in [0, 0.1) is 12.0 Å². The monoisotopic (exact) mass is 429 g/mol. The largest absolute Gasteiger partial charge is 0.289 e. The lowest BCUT2D eigenvalue weighted by molar-refractivity contribution is -0.129. The van der Waals surface area contributed by atoms with Gasteiger partial charge in [-0.3, -0.25) is 25.0 Å². The van der Waals surface area contributed by atoms with Crippen LogP contribution in [0.2, 0.25) is 0 Å². The Morgan fingerprint density at radius 2 is 1.50 bits per heavy atom. The molecule has 0 aliphatic rings. The summed E-state index contributed by atoms with van der Waals surface area (Å²) in [6.07, 6.45) is 4.97. The Balaban J connectivity index is 1.63. The number of anilines is 3. The van der Waals surface area contributed by atoms with Gasteiger partial charge in [-0.05, 0) is 37.1 Å². The average Bonchev–Trinajstić information content (AvgIpc) is 2.85. The first-order valence-corrected chi connectivity index (χ1v) is 10.1. The molecule has 3 N–H and O–H groups in total. The van der Waals surface area contributed by atoms with Crippen LogP contribution in [0.3, 0.4) is 0 Å². The Kier molecular flexibility index (Phi) is 8.31. The molecule has 0 atom stereocenters. The fraction of sp³-hybridized carbons (Fsp3) is 0.167. The maximum atomic E-state index is 12.3. The maximum Gasteiger partial charge on any atom is 0.265 e. The van der Waals surface area contributed by atoms with Gasteiger partial charge in [0, 0.05) is 42.7 Å². The fourth-order valence-electron chi connectivity index (χ4n) is 2.88. The van der Waals surface area contributed by atoms with Crippen molar-refractivity contribution in [2.24, 2.45) is 0 Å². The zero-order valence-electron chi connectivity index (χ0n) is 17.4. The number of benzene rings is 2. The molecule has 0 aliphatic heterocycles. The van der Waals surface area contributed by atoms with Crippen molar-refractivity contribution in [1.82, 2.24) is 20.8 Å². The van der Waals surface area contributed by atoms with Crippen LogP contribution in [0.1, 0.15) is 36.0 Å². The molecule has 0 fully saturated rings. The molecule has 8 heteroatoms. The Morgan fingerprint density at radius 1 is 0.906 bits per heavy atom. The van der Waals surface area contributed by atoms with Crippen LogP contribution in [-0.4, -0.2) is 27.0 Å². The highest BCUT2D eigenvalue weighted by Gasteiger charge is 2.15. The number of rotatable bonds is 8. The second-order valence-electron chi connectivity index (χ2n) is 6.78. The predicted octanol–water partition coefficient (Wildman–Crippen LogP) is 3.70. The van der Waals surface area contributed by atoms with E-state index in [-0.39, 0.29) is 6.42 Å². The molecule has 0 unspecified atom stereocenters. The highest BCUT2D eigenvalue weighted by molar-refractivity contribution is 5.94. The zero-order chi connectivity index (χ0) is 22.6. The number of hydroxylamine groups is 1. The summed E-state index contributed by atoms with van der Waals surface area (Å²) in [5.41, 5.74) is 3.68. The number of hydrogen-bond acceptors (Lipinski definition) is 6. The number of unbranched alkanes of at least 4 members (excludes halogenated alkanes) is 2. The van der Waals surface area contributed by atoms with Crippen molar-refractivity contribution < 1.29 is 14.8 Å². The topological polar surface area (TPSA) is 107 Å². The summed E-state index contributed by atoms with van der Waals surface area (Å²) in [6.45, 7) is 0. The minimum Gasteiger partial charge on any atom is -0.289 e. The van der Waals surface area contributed by atoms with Crippen LogP contribution in [0.4, 0.5) is 17.3 Å². The molecular formula is C24H23N5O3. The van der Waals surface area contributed by atoms with E-state index in [2.05, 4.69) is 27.2 Å². The van der Waals surface area contributed by atoms with Crippen molar-refractivity contribution in [3.63, 3.8) is 0 Å². The Hall–Kier alpha value is -4.22. The van der Waals surface area contributed by atoms with Crippen molar-refractivity contribution in [3.05, 3.63) is 78.6 Å². The van der Waals surface area contributed by atoms with Gasteiger partial charge in [-0.15, -0.1) is 0 Å². The third-order valence-electron chi connectivity index (χ3n) is 4.47. The number of amides is 2. The van der Waals surface area contributed by atoms with Gasteiger partial charge in [0.2, 0.25) is 11.9 Å². The van der Waals surface area contributed by atoms with E-state index in [9.17, 15) is 9.59 Å². The number of carbonyl (C=O) groups excluding carboxylic acids is 2. The normalized spacial score (nSPS) is 9.91. The van der Waals surface area contributed by atoms with Gasteiger partial charge in [-0.25, -0.2) is 15.4 Å². The van der Waals surface area contributed by atoms with Gasteiger partial charge in [-0.2, -0.15) is 0 Å². The fourth-order valence-corrected chi connectivity index (χ4v) is 2.88. The van der Waals surface area contributed by atoms with E-state index in [1.807, 2.05) is 65.6 Å². The molecular weight excluding hydrogens is 406 g/mol. The Morgan fingerprint density at radius 3 is 2.06 bits per heavy atom. The molecule has 162 valence electrons. The average molecular weight is 429 g/mol. The molecule has 3 rings (SSSR count). The van der Waals surface area contributed by atoms with E-state index in [0.29, 0.717) is 30.8 Å². The van der Waals surface area contributed by atoms with E-state index in [4.69, 9.17) is 5.21 Å². The number of para-hydroxylation sites is 2. The lowest BCUT2D eigenvalue weighted by Crippen LogP contribution is -2.19. The third kappa shape index (κ3) is 6.39. The highest BCUT2D eigenvalue weighted by atomic mass is 16.5. The smallest absolute Gasteiger partial charge is 0.265 e. The summed E-state index contributed by atoms with van der Waals surface area (Å²) in [5, 5.41) is 10.9. The molecule has 0 spiro atoms. The van der Waals surface area contributed by atoms with Crippen LogP contribution >= 0.6 is 0 Å². The van der Waals surface area contributed by atoms with Crippen molar-refractivity contribution in [1.29, 1.82) is 0 Å². The third-order valence-corrected chi connectivity index (χ3v) is 4.47. The summed E-state index contributed by atoms with van der Waals surface area (Å²) in [5.74, 6) is 2.45. The predicted molar refractivity (Wildman–Crippen MR) is 120 cm³/mol. The molecule has 1 heterocycles. The van der Waals surface area contributed by atoms with Gasteiger partial charge in [0.1, 0.15) is 0 Å². The number of nitrogens with one attached hydrogen (secondary N) is 2. The standard InChI is InChI=1S/C24H23N5O3/c30-22(28-32)15-9-1-2-10-16-25-23(31)19-17-26-24(27-18-19)29(20-11-5-3-6-12-20)21-13-7-4-8-14-21/h3-8,11-14,17-18,32H,1-2,9,15H2,(H,25,31)(H,28,30). The van der Waals surface area contributed by atoms with Gasteiger partial charge < -0.3 is 0 Å². The number of aromatic nitrogens is 2. The molecule has 8 nitrogen and oxygen atoms in total. The summed E-state index contributed by atoms with van der Waals surface area (Å²) in [7, 11) is 0. The van der Waals surface area contributed by atoms with Gasteiger partial charge in [0.15, 0.2) is 0 Å². The minimum absolute atomic E-state index is 0.233. The lowest BCUT2D eigenvalue weighted by atomic mass is 10.2. The number of nitrogens with zero attached hydrogens (tertiary/aromatic N) is 3.